The molecule has 1 saturated heterocycles. The van der Waals surface area contributed by atoms with Crippen LogP contribution in [0.2, 0.25) is 5.02 Å². The molecule has 0 bridgehead atoms. The highest BCUT2D eigenvalue weighted by Crippen LogP contribution is 2.33. The van der Waals surface area contributed by atoms with E-state index in [1.807, 2.05) is 6.26 Å². The van der Waals surface area contributed by atoms with Gasteiger partial charge < -0.3 is 5.32 Å². The quantitative estimate of drug-likeness (QED) is 0.444. The number of aromatic nitrogens is 2. The van der Waals surface area contributed by atoms with E-state index in [2.05, 4.69) is 15.5 Å². The van der Waals surface area contributed by atoms with Gasteiger partial charge in [-0.15, -0.1) is 10.2 Å². The molecule has 1 aliphatic heterocycles. The summed E-state index contributed by atoms with van der Waals surface area (Å²) in [5.41, 5.74) is 0.673. The van der Waals surface area contributed by atoms with Crippen molar-refractivity contribution in [2.45, 2.75) is 8.68 Å². The van der Waals surface area contributed by atoms with Crippen molar-refractivity contribution in [1.82, 2.24) is 20.4 Å². The first-order chi connectivity index (χ1) is 14.0. The predicted molar refractivity (Wildman–Crippen MR) is 120 cm³/mol. The smallest absolute Gasteiger partial charge is 0.293 e. The van der Waals surface area contributed by atoms with Crippen molar-refractivity contribution >= 4 is 81.4 Å². The van der Waals surface area contributed by atoms with Crippen LogP contribution >= 0.6 is 58.2 Å². The molecular weight excluding hydrogens is 472 g/mol. The molecule has 0 aliphatic carbocycles. The summed E-state index contributed by atoms with van der Waals surface area (Å²) in [6.45, 7) is 0.291. The molecule has 0 unspecified atom stereocenters. The standard InChI is InChI=1S/C17H15ClN4O3S4/c1-26-15-20-21-16(29-15)27-9-13(23)19-6-7-22-14(24)12(28-17(22)25)8-10-4-2-3-5-11(10)18/h2-5,8H,6-7,9H2,1H3,(H,19,23)/b12-8-. The van der Waals surface area contributed by atoms with Crippen LogP contribution < -0.4 is 5.32 Å². The Hall–Kier alpha value is -1.53. The first kappa shape index (κ1) is 22.2. The maximum atomic E-state index is 12.5. The number of thioether (sulfide) groups is 3. The van der Waals surface area contributed by atoms with Gasteiger partial charge in [0.1, 0.15) is 0 Å². The van der Waals surface area contributed by atoms with Crippen LogP contribution in [0.1, 0.15) is 5.56 Å². The van der Waals surface area contributed by atoms with Crippen LogP contribution in [0.3, 0.4) is 0 Å². The molecule has 1 aliphatic rings. The van der Waals surface area contributed by atoms with E-state index in [1.54, 1.807) is 30.3 Å². The number of hydrogen-bond donors (Lipinski definition) is 1. The number of amides is 3. The number of carbonyl (C=O) groups is 3. The van der Waals surface area contributed by atoms with Crippen molar-refractivity contribution in [3.8, 4) is 0 Å². The Morgan fingerprint density at radius 3 is 2.76 bits per heavy atom. The maximum Gasteiger partial charge on any atom is 0.293 e. The summed E-state index contributed by atoms with van der Waals surface area (Å²) < 4.78 is 1.57. The van der Waals surface area contributed by atoms with E-state index in [0.29, 0.717) is 15.5 Å². The normalized spacial score (nSPS) is 15.4. The molecular formula is C17H15ClN4O3S4. The molecule has 29 heavy (non-hydrogen) atoms. The van der Waals surface area contributed by atoms with Gasteiger partial charge in [-0.05, 0) is 35.7 Å². The Labute approximate surface area is 189 Å². The van der Waals surface area contributed by atoms with Crippen LogP contribution in [0.5, 0.6) is 0 Å². The molecule has 3 amide bonds. The SMILES string of the molecule is CSc1nnc(SCC(=O)NCCN2C(=O)S/C(=C\c3ccccc3Cl)C2=O)s1. The minimum atomic E-state index is -0.387. The zero-order valence-electron chi connectivity index (χ0n) is 15.1. The van der Waals surface area contributed by atoms with Gasteiger partial charge in [-0.1, -0.05) is 64.7 Å². The monoisotopic (exact) mass is 486 g/mol. The minimum absolute atomic E-state index is 0.108. The van der Waals surface area contributed by atoms with Gasteiger partial charge in [0.25, 0.3) is 11.1 Å². The van der Waals surface area contributed by atoms with Crippen molar-refractivity contribution in [2.24, 2.45) is 0 Å². The van der Waals surface area contributed by atoms with Crippen molar-refractivity contribution in [3.63, 3.8) is 0 Å². The molecule has 2 aromatic rings. The highest BCUT2D eigenvalue weighted by Gasteiger charge is 2.34. The molecule has 1 aromatic carbocycles. The van der Waals surface area contributed by atoms with Crippen molar-refractivity contribution < 1.29 is 14.4 Å². The third-order valence-corrected chi connectivity index (χ3v) is 7.90. The second kappa shape index (κ2) is 10.5. The molecule has 0 spiro atoms. The van der Waals surface area contributed by atoms with Gasteiger partial charge in [0.05, 0.1) is 10.7 Å². The molecule has 0 saturated carbocycles. The first-order valence-corrected chi connectivity index (χ1v) is 12.5. The third-order valence-electron chi connectivity index (χ3n) is 3.61. The minimum Gasteiger partial charge on any atom is -0.354 e. The third kappa shape index (κ3) is 5.98. The van der Waals surface area contributed by atoms with E-state index in [4.69, 9.17) is 11.6 Å². The van der Waals surface area contributed by atoms with Gasteiger partial charge in [-0.2, -0.15) is 0 Å². The van der Waals surface area contributed by atoms with E-state index in [0.717, 1.165) is 25.3 Å². The summed E-state index contributed by atoms with van der Waals surface area (Å²) in [4.78, 5) is 38.0. The summed E-state index contributed by atoms with van der Waals surface area (Å²) in [5, 5.41) is 10.8. The average Bonchev–Trinajstić information content (AvgIpc) is 3.27. The number of benzene rings is 1. The number of nitrogens with one attached hydrogen (secondary N) is 1. The number of imide groups is 1. The summed E-state index contributed by atoms with van der Waals surface area (Å²) in [6, 6.07) is 7.08. The van der Waals surface area contributed by atoms with Crippen LogP contribution in [0.4, 0.5) is 4.79 Å². The first-order valence-electron chi connectivity index (χ1n) is 8.25. The van der Waals surface area contributed by atoms with E-state index >= 15 is 0 Å². The molecule has 1 aromatic heterocycles. The Morgan fingerprint density at radius 1 is 1.28 bits per heavy atom. The lowest BCUT2D eigenvalue weighted by atomic mass is 10.2. The topological polar surface area (TPSA) is 92.3 Å². The fourth-order valence-corrected chi connectivity index (χ4v) is 5.56. The Morgan fingerprint density at radius 2 is 2.03 bits per heavy atom. The van der Waals surface area contributed by atoms with Gasteiger partial charge in [-0.25, -0.2) is 0 Å². The highest BCUT2D eigenvalue weighted by molar-refractivity contribution is 8.18. The van der Waals surface area contributed by atoms with Crippen molar-refractivity contribution in [3.05, 3.63) is 39.8 Å². The largest absolute Gasteiger partial charge is 0.354 e. The zero-order valence-corrected chi connectivity index (χ0v) is 19.1. The van der Waals surface area contributed by atoms with Gasteiger partial charge in [0.15, 0.2) is 8.68 Å². The van der Waals surface area contributed by atoms with Crippen LogP contribution in [0.15, 0.2) is 37.8 Å². The van der Waals surface area contributed by atoms with E-state index in [1.165, 1.54) is 34.9 Å². The molecule has 1 fully saturated rings. The number of nitrogens with zero attached hydrogens (tertiary/aromatic N) is 3. The van der Waals surface area contributed by atoms with E-state index in [9.17, 15) is 14.4 Å². The average molecular weight is 487 g/mol. The molecule has 0 atom stereocenters. The fourth-order valence-electron chi connectivity index (χ4n) is 2.25. The number of carbonyl (C=O) groups excluding carboxylic acids is 3. The van der Waals surface area contributed by atoms with Crippen LogP contribution in [0.25, 0.3) is 6.08 Å². The molecule has 1 N–H and O–H groups in total. The number of rotatable bonds is 8. The van der Waals surface area contributed by atoms with Gasteiger partial charge in [-0.3, -0.25) is 19.3 Å². The second-order valence-corrected chi connectivity index (χ2v) is 10.2. The maximum absolute atomic E-state index is 12.5. The Kier molecular flexibility index (Phi) is 8.01. The fraction of sp³-hybridized carbons (Fsp3) is 0.235. The Bertz CT molecular complexity index is 966. The zero-order chi connectivity index (χ0) is 20.8. The Balaban J connectivity index is 1.48. The molecule has 152 valence electrons. The number of halogens is 1. The molecule has 3 rings (SSSR count). The van der Waals surface area contributed by atoms with Crippen LogP contribution in [-0.4, -0.2) is 57.2 Å². The second-order valence-electron chi connectivity index (χ2n) is 5.53. The highest BCUT2D eigenvalue weighted by atomic mass is 35.5. The lowest BCUT2D eigenvalue weighted by Gasteiger charge is -2.12. The van der Waals surface area contributed by atoms with Crippen LogP contribution in [-0.2, 0) is 9.59 Å². The summed E-state index contributed by atoms with van der Waals surface area (Å²) in [5.74, 6) is -0.395. The van der Waals surface area contributed by atoms with Crippen molar-refractivity contribution in [1.29, 1.82) is 0 Å². The van der Waals surface area contributed by atoms with Crippen LogP contribution in [0, 0.1) is 0 Å². The lowest BCUT2D eigenvalue weighted by Crippen LogP contribution is -2.37. The molecule has 12 heteroatoms. The molecule has 0 radical (unpaired) electrons. The summed E-state index contributed by atoms with van der Waals surface area (Å²) >= 11 is 11.2. The lowest BCUT2D eigenvalue weighted by molar-refractivity contribution is -0.123. The van der Waals surface area contributed by atoms with Crippen molar-refractivity contribution in [2.75, 3.05) is 25.1 Å². The molecule has 7 nitrogen and oxygen atoms in total. The molecule has 2 heterocycles. The van der Waals surface area contributed by atoms with E-state index < -0.39 is 0 Å². The summed E-state index contributed by atoms with van der Waals surface area (Å²) in [6.07, 6.45) is 3.52. The van der Waals surface area contributed by atoms with Gasteiger partial charge in [0, 0.05) is 18.1 Å². The van der Waals surface area contributed by atoms with Gasteiger partial charge >= 0.3 is 0 Å². The summed E-state index contributed by atoms with van der Waals surface area (Å²) in [7, 11) is 0. The van der Waals surface area contributed by atoms with E-state index in [-0.39, 0.29) is 35.9 Å². The predicted octanol–water partition coefficient (Wildman–Crippen LogP) is 3.86. The number of hydrogen-bond acceptors (Lipinski definition) is 9. The van der Waals surface area contributed by atoms with Gasteiger partial charge in [0.2, 0.25) is 5.91 Å².